The molecule has 3 rings (SSSR count). The lowest BCUT2D eigenvalue weighted by molar-refractivity contribution is -0.130. The number of piperazine rings is 1. The average Bonchev–Trinajstić information content (AvgIpc) is 3.04. The van der Waals surface area contributed by atoms with E-state index >= 15 is 0 Å². The molecule has 0 N–H and O–H groups in total. The van der Waals surface area contributed by atoms with E-state index in [9.17, 15) is 14.0 Å². The molecular formula is C17H17FN2O3. The second kappa shape index (κ2) is 6.24. The maximum Gasteiger partial charge on any atom is 0.289 e. The first-order valence-corrected chi connectivity index (χ1v) is 7.46. The van der Waals surface area contributed by atoms with Crippen LogP contribution in [0.5, 0.6) is 0 Å². The molecule has 0 spiro atoms. The molecule has 0 bridgehead atoms. The van der Waals surface area contributed by atoms with Crippen LogP contribution in [0, 0.1) is 5.82 Å². The SMILES string of the molecule is CC(=O)N1CCN(C(=O)c2ccc(-c3ccccc3F)o2)CC1. The molecule has 6 heteroatoms. The van der Waals surface area contributed by atoms with Crippen LogP contribution in [0.15, 0.2) is 40.8 Å². The molecule has 1 aliphatic heterocycles. The normalized spacial score (nSPS) is 14.9. The topological polar surface area (TPSA) is 53.8 Å². The molecule has 1 aromatic carbocycles. The van der Waals surface area contributed by atoms with E-state index in [2.05, 4.69) is 0 Å². The van der Waals surface area contributed by atoms with Gasteiger partial charge >= 0.3 is 0 Å². The van der Waals surface area contributed by atoms with E-state index in [0.29, 0.717) is 37.5 Å². The minimum atomic E-state index is -0.393. The molecule has 5 nitrogen and oxygen atoms in total. The molecule has 0 radical (unpaired) electrons. The van der Waals surface area contributed by atoms with Crippen molar-refractivity contribution in [2.45, 2.75) is 6.92 Å². The Labute approximate surface area is 133 Å². The molecule has 0 aliphatic carbocycles. The Morgan fingerprint density at radius 1 is 1.00 bits per heavy atom. The summed E-state index contributed by atoms with van der Waals surface area (Å²) in [4.78, 5) is 27.1. The fraction of sp³-hybridized carbons (Fsp3) is 0.294. The molecule has 1 fully saturated rings. The van der Waals surface area contributed by atoms with Crippen molar-refractivity contribution in [2.75, 3.05) is 26.2 Å². The van der Waals surface area contributed by atoms with Gasteiger partial charge < -0.3 is 14.2 Å². The number of hydrogen-bond donors (Lipinski definition) is 0. The molecule has 2 heterocycles. The molecule has 0 unspecified atom stereocenters. The minimum Gasteiger partial charge on any atom is -0.451 e. The van der Waals surface area contributed by atoms with Crippen molar-refractivity contribution in [1.29, 1.82) is 0 Å². The van der Waals surface area contributed by atoms with E-state index in [-0.39, 0.29) is 17.6 Å². The van der Waals surface area contributed by atoms with E-state index < -0.39 is 5.82 Å². The summed E-state index contributed by atoms with van der Waals surface area (Å²) in [6.45, 7) is 3.48. The van der Waals surface area contributed by atoms with Crippen LogP contribution in [0.2, 0.25) is 0 Å². The van der Waals surface area contributed by atoms with Crippen LogP contribution in [-0.4, -0.2) is 47.8 Å². The van der Waals surface area contributed by atoms with Crippen LogP contribution in [0.4, 0.5) is 4.39 Å². The highest BCUT2D eigenvalue weighted by atomic mass is 19.1. The summed E-state index contributed by atoms with van der Waals surface area (Å²) < 4.78 is 19.3. The number of carbonyl (C=O) groups is 2. The van der Waals surface area contributed by atoms with Crippen LogP contribution in [0.25, 0.3) is 11.3 Å². The highest BCUT2D eigenvalue weighted by Crippen LogP contribution is 2.25. The molecule has 1 aromatic heterocycles. The van der Waals surface area contributed by atoms with E-state index in [4.69, 9.17) is 4.42 Å². The summed E-state index contributed by atoms with van der Waals surface area (Å²) >= 11 is 0. The van der Waals surface area contributed by atoms with E-state index in [1.807, 2.05) is 0 Å². The molecule has 1 saturated heterocycles. The maximum atomic E-state index is 13.8. The number of amides is 2. The van der Waals surface area contributed by atoms with Crippen molar-refractivity contribution in [3.63, 3.8) is 0 Å². The zero-order valence-corrected chi connectivity index (χ0v) is 12.8. The van der Waals surface area contributed by atoms with Gasteiger partial charge in [-0.1, -0.05) is 12.1 Å². The maximum absolute atomic E-state index is 13.8. The van der Waals surface area contributed by atoms with Gasteiger partial charge in [0.05, 0.1) is 5.56 Å². The monoisotopic (exact) mass is 316 g/mol. The Morgan fingerprint density at radius 2 is 1.65 bits per heavy atom. The van der Waals surface area contributed by atoms with E-state index in [1.54, 1.807) is 40.1 Å². The lowest BCUT2D eigenvalue weighted by Gasteiger charge is -2.33. The number of benzene rings is 1. The molecule has 1 aliphatic rings. The van der Waals surface area contributed by atoms with Gasteiger partial charge in [-0.15, -0.1) is 0 Å². The van der Waals surface area contributed by atoms with Crippen molar-refractivity contribution < 1.29 is 18.4 Å². The zero-order chi connectivity index (χ0) is 16.4. The predicted molar refractivity (Wildman–Crippen MR) is 82.3 cm³/mol. The van der Waals surface area contributed by atoms with Gasteiger partial charge in [0.15, 0.2) is 5.76 Å². The Morgan fingerprint density at radius 3 is 2.30 bits per heavy atom. The average molecular weight is 316 g/mol. The van der Waals surface area contributed by atoms with Gasteiger partial charge in [-0.25, -0.2) is 4.39 Å². The first kappa shape index (κ1) is 15.3. The highest BCUT2D eigenvalue weighted by molar-refractivity contribution is 5.92. The van der Waals surface area contributed by atoms with Crippen LogP contribution in [0.1, 0.15) is 17.5 Å². The highest BCUT2D eigenvalue weighted by Gasteiger charge is 2.25. The number of hydrogen-bond acceptors (Lipinski definition) is 3. The fourth-order valence-electron chi connectivity index (χ4n) is 2.64. The van der Waals surface area contributed by atoms with Crippen LogP contribution >= 0.6 is 0 Å². The lowest BCUT2D eigenvalue weighted by atomic mass is 10.1. The molecule has 2 amide bonds. The molecule has 2 aromatic rings. The van der Waals surface area contributed by atoms with Gasteiger partial charge in [0, 0.05) is 33.1 Å². The van der Waals surface area contributed by atoms with Crippen molar-refractivity contribution in [1.82, 2.24) is 9.80 Å². The third kappa shape index (κ3) is 3.11. The molecule has 0 atom stereocenters. The quantitative estimate of drug-likeness (QED) is 0.855. The van der Waals surface area contributed by atoms with Gasteiger partial charge in [0.2, 0.25) is 5.91 Å². The van der Waals surface area contributed by atoms with Gasteiger partial charge in [0.25, 0.3) is 5.91 Å². The second-order valence-corrected chi connectivity index (χ2v) is 5.44. The van der Waals surface area contributed by atoms with Gasteiger partial charge in [0.1, 0.15) is 11.6 Å². The summed E-state index contributed by atoms with van der Waals surface area (Å²) in [6, 6.07) is 9.42. The molecule has 23 heavy (non-hydrogen) atoms. The number of rotatable bonds is 2. The Hall–Kier alpha value is -2.63. The fourth-order valence-corrected chi connectivity index (χ4v) is 2.64. The summed E-state index contributed by atoms with van der Waals surface area (Å²) in [5, 5.41) is 0. The first-order valence-electron chi connectivity index (χ1n) is 7.46. The zero-order valence-electron chi connectivity index (χ0n) is 12.8. The van der Waals surface area contributed by atoms with Gasteiger partial charge in [-0.3, -0.25) is 9.59 Å². The van der Waals surface area contributed by atoms with Crippen LogP contribution in [0.3, 0.4) is 0 Å². The van der Waals surface area contributed by atoms with Crippen LogP contribution < -0.4 is 0 Å². The second-order valence-electron chi connectivity index (χ2n) is 5.44. The van der Waals surface area contributed by atoms with Crippen molar-refractivity contribution in [3.8, 4) is 11.3 Å². The number of furan rings is 1. The Bertz CT molecular complexity index is 733. The third-order valence-electron chi connectivity index (χ3n) is 3.97. The Kier molecular flexibility index (Phi) is 4.14. The first-order chi connectivity index (χ1) is 11.1. The molecular weight excluding hydrogens is 299 g/mol. The van der Waals surface area contributed by atoms with Crippen molar-refractivity contribution >= 4 is 11.8 Å². The number of carbonyl (C=O) groups excluding carboxylic acids is 2. The number of nitrogens with zero attached hydrogens (tertiary/aromatic N) is 2. The summed E-state index contributed by atoms with van der Waals surface area (Å²) in [5.74, 6) is -0.114. The molecule has 0 saturated carbocycles. The molecule has 120 valence electrons. The third-order valence-corrected chi connectivity index (χ3v) is 3.97. The predicted octanol–water partition coefficient (Wildman–Crippen LogP) is 2.39. The van der Waals surface area contributed by atoms with Crippen LogP contribution in [-0.2, 0) is 4.79 Å². The van der Waals surface area contributed by atoms with Gasteiger partial charge in [-0.05, 0) is 24.3 Å². The largest absolute Gasteiger partial charge is 0.451 e. The Balaban J connectivity index is 1.72. The summed E-state index contributed by atoms with van der Waals surface area (Å²) in [7, 11) is 0. The van der Waals surface area contributed by atoms with E-state index in [1.165, 1.54) is 13.0 Å². The minimum absolute atomic E-state index is 0.0111. The van der Waals surface area contributed by atoms with Crippen molar-refractivity contribution in [2.24, 2.45) is 0 Å². The summed E-state index contributed by atoms with van der Waals surface area (Å²) in [5.41, 5.74) is 0.327. The number of halogens is 1. The standard InChI is InChI=1S/C17H17FN2O3/c1-12(21)19-8-10-20(11-9-19)17(22)16-7-6-15(23-16)13-4-2-3-5-14(13)18/h2-7H,8-11H2,1H3. The smallest absolute Gasteiger partial charge is 0.289 e. The van der Waals surface area contributed by atoms with E-state index in [0.717, 1.165) is 0 Å². The lowest BCUT2D eigenvalue weighted by Crippen LogP contribution is -2.50. The summed E-state index contributed by atoms with van der Waals surface area (Å²) in [6.07, 6.45) is 0. The van der Waals surface area contributed by atoms with Gasteiger partial charge in [-0.2, -0.15) is 0 Å². The van der Waals surface area contributed by atoms with Crippen molar-refractivity contribution in [3.05, 3.63) is 48.0 Å².